The molecule has 0 aliphatic heterocycles. The number of aromatic amines is 1. The van der Waals surface area contributed by atoms with Gasteiger partial charge in [-0.3, -0.25) is 5.10 Å². The molecular formula is C12H15N3O2. The van der Waals surface area contributed by atoms with Gasteiger partial charge in [0.25, 0.3) is 0 Å². The number of rotatable bonds is 4. The molecule has 0 spiro atoms. The Morgan fingerprint density at radius 1 is 1.29 bits per heavy atom. The summed E-state index contributed by atoms with van der Waals surface area (Å²) >= 11 is 0. The topological polar surface area (TPSA) is 73.2 Å². The van der Waals surface area contributed by atoms with E-state index in [9.17, 15) is 0 Å². The van der Waals surface area contributed by atoms with Crippen molar-refractivity contribution in [1.29, 1.82) is 0 Å². The Bertz CT molecular complexity index is 508. The number of aromatic nitrogens is 2. The summed E-state index contributed by atoms with van der Waals surface area (Å²) in [5, 5.41) is 6.61. The third-order valence-corrected chi connectivity index (χ3v) is 2.35. The zero-order valence-corrected chi connectivity index (χ0v) is 9.86. The number of nitrogen functional groups attached to an aromatic ring is 1. The smallest absolute Gasteiger partial charge is 0.161 e. The molecule has 3 N–H and O–H groups in total. The van der Waals surface area contributed by atoms with Crippen LogP contribution in [0.15, 0.2) is 24.3 Å². The average Bonchev–Trinajstić information content (AvgIpc) is 2.73. The van der Waals surface area contributed by atoms with Crippen LogP contribution in [-0.2, 0) is 6.61 Å². The number of H-pyrrole nitrogens is 1. The van der Waals surface area contributed by atoms with Crippen LogP contribution in [0.1, 0.15) is 11.3 Å². The molecule has 2 aromatic rings. The van der Waals surface area contributed by atoms with Crippen molar-refractivity contribution in [2.45, 2.75) is 13.5 Å². The van der Waals surface area contributed by atoms with Gasteiger partial charge in [-0.05, 0) is 24.6 Å². The van der Waals surface area contributed by atoms with Gasteiger partial charge in [0.05, 0.1) is 12.8 Å². The molecular weight excluding hydrogens is 218 g/mol. The molecule has 0 saturated carbocycles. The van der Waals surface area contributed by atoms with Crippen molar-refractivity contribution in [3.63, 3.8) is 0 Å². The summed E-state index contributed by atoms with van der Waals surface area (Å²) in [7, 11) is 1.62. The molecule has 1 aromatic heterocycles. The molecule has 0 radical (unpaired) electrons. The third kappa shape index (κ3) is 2.69. The van der Waals surface area contributed by atoms with Crippen LogP contribution in [0.4, 0.5) is 5.82 Å². The molecule has 1 heterocycles. The first-order valence-corrected chi connectivity index (χ1v) is 5.26. The van der Waals surface area contributed by atoms with Crippen LogP contribution >= 0.6 is 0 Å². The van der Waals surface area contributed by atoms with E-state index in [1.54, 1.807) is 13.2 Å². The molecule has 90 valence electrons. The molecule has 0 amide bonds. The van der Waals surface area contributed by atoms with Crippen LogP contribution in [0.3, 0.4) is 0 Å². The molecule has 0 fully saturated rings. The molecule has 17 heavy (non-hydrogen) atoms. The van der Waals surface area contributed by atoms with Gasteiger partial charge in [-0.15, -0.1) is 0 Å². The standard InChI is InChI=1S/C12H15N3O2/c1-8-3-4-10(11(5-8)16-2)17-7-9-6-12(13)15-14-9/h3-6H,7H2,1-2H3,(H3,13,14,15). The molecule has 5 nitrogen and oxygen atoms in total. The van der Waals surface area contributed by atoms with Crippen molar-refractivity contribution in [2.75, 3.05) is 12.8 Å². The van der Waals surface area contributed by atoms with Crippen LogP contribution in [0.2, 0.25) is 0 Å². The van der Waals surface area contributed by atoms with Crippen molar-refractivity contribution in [3.05, 3.63) is 35.5 Å². The fourth-order valence-electron chi connectivity index (χ4n) is 1.50. The third-order valence-electron chi connectivity index (χ3n) is 2.35. The summed E-state index contributed by atoms with van der Waals surface area (Å²) < 4.78 is 10.9. The number of hydrogen-bond acceptors (Lipinski definition) is 4. The van der Waals surface area contributed by atoms with Crippen molar-refractivity contribution in [3.8, 4) is 11.5 Å². The normalized spacial score (nSPS) is 10.2. The van der Waals surface area contributed by atoms with Gasteiger partial charge in [0, 0.05) is 6.07 Å². The maximum absolute atomic E-state index is 5.63. The number of benzene rings is 1. The maximum Gasteiger partial charge on any atom is 0.161 e. The Labute approximate surface area is 99.5 Å². The summed E-state index contributed by atoms with van der Waals surface area (Å²) in [6.07, 6.45) is 0. The van der Waals surface area contributed by atoms with Crippen molar-refractivity contribution >= 4 is 5.82 Å². The van der Waals surface area contributed by atoms with E-state index >= 15 is 0 Å². The van der Waals surface area contributed by atoms with E-state index in [0.717, 1.165) is 17.0 Å². The predicted octanol–water partition coefficient (Wildman–Crippen LogP) is 1.89. The maximum atomic E-state index is 5.63. The van der Waals surface area contributed by atoms with Gasteiger partial charge in [-0.2, -0.15) is 5.10 Å². The Kier molecular flexibility index (Phi) is 3.18. The van der Waals surface area contributed by atoms with E-state index in [4.69, 9.17) is 15.2 Å². The number of ether oxygens (including phenoxy) is 2. The first kappa shape index (κ1) is 11.3. The largest absolute Gasteiger partial charge is 0.493 e. The second kappa shape index (κ2) is 4.78. The van der Waals surface area contributed by atoms with Crippen LogP contribution in [-0.4, -0.2) is 17.3 Å². The highest BCUT2D eigenvalue weighted by atomic mass is 16.5. The second-order valence-corrected chi connectivity index (χ2v) is 3.76. The predicted molar refractivity (Wildman–Crippen MR) is 65.1 cm³/mol. The van der Waals surface area contributed by atoms with E-state index in [1.807, 2.05) is 25.1 Å². The van der Waals surface area contributed by atoms with E-state index in [2.05, 4.69) is 10.2 Å². The second-order valence-electron chi connectivity index (χ2n) is 3.76. The molecule has 0 aliphatic rings. The van der Waals surface area contributed by atoms with E-state index in [1.165, 1.54) is 0 Å². The number of nitrogens with two attached hydrogens (primary N) is 1. The van der Waals surface area contributed by atoms with Gasteiger partial charge in [-0.25, -0.2) is 0 Å². The van der Waals surface area contributed by atoms with Crippen molar-refractivity contribution in [2.24, 2.45) is 0 Å². The Morgan fingerprint density at radius 2 is 2.12 bits per heavy atom. The summed E-state index contributed by atoms with van der Waals surface area (Å²) in [6, 6.07) is 7.52. The minimum atomic E-state index is 0.379. The molecule has 5 heteroatoms. The zero-order valence-electron chi connectivity index (χ0n) is 9.86. The average molecular weight is 233 g/mol. The highest BCUT2D eigenvalue weighted by molar-refractivity contribution is 5.42. The Hall–Kier alpha value is -2.17. The number of nitrogens with zero attached hydrogens (tertiary/aromatic N) is 1. The highest BCUT2D eigenvalue weighted by Crippen LogP contribution is 2.28. The number of hydrogen-bond donors (Lipinski definition) is 2. The lowest BCUT2D eigenvalue weighted by Crippen LogP contribution is -1.98. The summed E-state index contributed by atoms with van der Waals surface area (Å²) in [6.45, 7) is 2.38. The van der Waals surface area contributed by atoms with Gasteiger partial charge in [0.2, 0.25) is 0 Å². The van der Waals surface area contributed by atoms with Gasteiger partial charge in [-0.1, -0.05) is 6.07 Å². The molecule has 0 unspecified atom stereocenters. The molecule has 1 aromatic carbocycles. The van der Waals surface area contributed by atoms with Crippen LogP contribution in [0, 0.1) is 6.92 Å². The molecule has 0 bridgehead atoms. The van der Waals surface area contributed by atoms with E-state index < -0.39 is 0 Å². The van der Waals surface area contributed by atoms with Gasteiger partial charge in [0.1, 0.15) is 12.4 Å². The summed E-state index contributed by atoms with van der Waals surface area (Å²) in [5.41, 5.74) is 7.45. The summed E-state index contributed by atoms with van der Waals surface area (Å²) in [5.74, 6) is 1.88. The van der Waals surface area contributed by atoms with Crippen LogP contribution in [0.5, 0.6) is 11.5 Å². The first-order chi connectivity index (χ1) is 8.19. The van der Waals surface area contributed by atoms with E-state index in [-0.39, 0.29) is 0 Å². The summed E-state index contributed by atoms with van der Waals surface area (Å²) in [4.78, 5) is 0. The lowest BCUT2D eigenvalue weighted by atomic mass is 10.2. The molecule has 0 atom stereocenters. The Morgan fingerprint density at radius 3 is 2.76 bits per heavy atom. The van der Waals surface area contributed by atoms with Crippen molar-refractivity contribution in [1.82, 2.24) is 10.2 Å². The number of nitrogens with one attached hydrogen (secondary N) is 1. The first-order valence-electron chi connectivity index (χ1n) is 5.26. The SMILES string of the molecule is COc1cc(C)ccc1OCc1cc(N)n[nH]1. The molecule has 2 rings (SSSR count). The minimum Gasteiger partial charge on any atom is -0.493 e. The fourth-order valence-corrected chi connectivity index (χ4v) is 1.50. The van der Waals surface area contributed by atoms with Crippen LogP contribution in [0.25, 0.3) is 0 Å². The highest BCUT2D eigenvalue weighted by Gasteiger charge is 2.05. The van der Waals surface area contributed by atoms with Gasteiger partial charge in [0.15, 0.2) is 11.5 Å². The number of aryl methyl sites for hydroxylation is 1. The number of methoxy groups -OCH3 is 1. The van der Waals surface area contributed by atoms with Gasteiger partial charge >= 0.3 is 0 Å². The lowest BCUT2D eigenvalue weighted by molar-refractivity contribution is 0.280. The van der Waals surface area contributed by atoms with E-state index in [0.29, 0.717) is 18.2 Å². The monoisotopic (exact) mass is 233 g/mol. The minimum absolute atomic E-state index is 0.379. The number of anilines is 1. The molecule has 0 aliphatic carbocycles. The Balaban J connectivity index is 2.08. The van der Waals surface area contributed by atoms with Gasteiger partial charge < -0.3 is 15.2 Å². The zero-order chi connectivity index (χ0) is 12.3. The lowest BCUT2D eigenvalue weighted by Gasteiger charge is -2.10. The molecule has 0 saturated heterocycles. The van der Waals surface area contributed by atoms with Crippen LogP contribution < -0.4 is 15.2 Å². The van der Waals surface area contributed by atoms with Crippen molar-refractivity contribution < 1.29 is 9.47 Å². The fraction of sp³-hybridized carbons (Fsp3) is 0.250. The quantitative estimate of drug-likeness (QED) is 0.845.